The number of amides is 2. The predicted molar refractivity (Wildman–Crippen MR) is 95.5 cm³/mol. The van der Waals surface area contributed by atoms with Gasteiger partial charge in [-0.2, -0.15) is 16.6 Å². The molecule has 0 bridgehead atoms. The zero-order valence-corrected chi connectivity index (χ0v) is 15.0. The Morgan fingerprint density at radius 1 is 1.31 bits per heavy atom. The van der Waals surface area contributed by atoms with E-state index in [2.05, 4.69) is 15.4 Å². The lowest BCUT2D eigenvalue weighted by atomic mass is 10.0. The molecule has 0 aromatic carbocycles. The van der Waals surface area contributed by atoms with Crippen LogP contribution in [0.25, 0.3) is 5.53 Å². The van der Waals surface area contributed by atoms with Crippen molar-refractivity contribution in [3.63, 3.8) is 0 Å². The molecule has 0 spiro atoms. The lowest BCUT2D eigenvalue weighted by molar-refractivity contribution is -0.156. The third kappa shape index (κ3) is 4.42. The van der Waals surface area contributed by atoms with Gasteiger partial charge in [0.1, 0.15) is 0 Å². The second-order valence-corrected chi connectivity index (χ2v) is 7.69. The van der Waals surface area contributed by atoms with E-state index in [1.807, 2.05) is 11.8 Å². The van der Waals surface area contributed by atoms with E-state index in [1.165, 1.54) is 12.2 Å². The van der Waals surface area contributed by atoms with Crippen molar-refractivity contribution in [3.05, 3.63) is 29.3 Å². The summed E-state index contributed by atoms with van der Waals surface area (Å²) in [7, 11) is 0. The van der Waals surface area contributed by atoms with Gasteiger partial charge in [0.25, 0.3) is 5.71 Å². The number of hydrogen-bond acceptors (Lipinski definition) is 5. The molecule has 26 heavy (non-hydrogen) atoms. The number of rotatable bonds is 6. The highest BCUT2D eigenvalue weighted by Gasteiger charge is 2.42. The monoisotopic (exact) mass is 376 g/mol. The van der Waals surface area contributed by atoms with E-state index in [-0.39, 0.29) is 30.1 Å². The number of carbonyl (C=O) groups is 3. The highest BCUT2D eigenvalue weighted by atomic mass is 32.2. The summed E-state index contributed by atoms with van der Waals surface area (Å²) in [5, 5.41) is 6.20. The smallest absolute Gasteiger partial charge is 0.345 e. The van der Waals surface area contributed by atoms with Crippen LogP contribution in [-0.2, 0) is 14.3 Å². The van der Waals surface area contributed by atoms with Crippen LogP contribution in [-0.4, -0.2) is 51.6 Å². The first-order valence-corrected chi connectivity index (χ1v) is 9.64. The summed E-state index contributed by atoms with van der Waals surface area (Å²) in [4.78, 5) is 38.1. The van der Waals surface area contributed by atoms with Crippen LogP contribution in [0.1, 0.15) is 32.1 Å². The molecule has 0 saturated carbocycles. The Morgan fingerprint density at radius 3 is 2.88 bits per heavy atom. The Hall–Kier alpha value is -2.38. The van der Waals surface area contributed by atoms with Crippen molar-refractivity contribution in [1.82, 2.24) is 10.6 Å². The van der Waals surface area contributed by atoms with Crippen molar-refractivity contribution in [2.75, 3.05) is 5.75 Å². The van der Waals surface area contributed by atoms with Crippen molar-refractivity contribution in [2.24, 2.45) is 0 Å². The summed E-state index contributed by atoms with van der Waals surface area (Å²) < 4.78 is 4.84. The van der Waals surface area contributed by atoms with Crippen LogP contribution < -0.4 is 10.6 Å². The van der Waals surface area contributed by atoms with Gasteiger partial charge < -0.3 is 20.9 Å². The third-order valence-electron chi connectivity index (χ3n) is 4.61. The summed E-state index contributed by atoms with van der Waals surface area (Å²) in [6.45, 7) is 0. The van der Waals surface area contributed by atoms with Crippen molar-refractivity contribution >= 4 is 35.4 Å². The fraction of sp³-hybridized carbons (Fsp3) is 0.529. The molecule has 2 fully saturated rings. The quantitative estimate of drug-likeness (QED) is 0.181. The van der Waals surface area contributed by atoms with E-state index in [0.717, 1.165) is 18.6 Å². The van der Waals surface area contributed by atoms with E-state index in [9.17, 15) is 14.4 Å². The molecule has 138 valence electrons. The molecule has 9 heteroatoms. The van der Waals surface area contributed by atoms with Gasteiger partial charge in [0.2, 0.25) is 0 Å². The van der Waals surface area contributed by atoms with Gasteiger partial charge in [0.05, 0.1) is 24.1 Å². The molecule has 0 radical (unpaired) electrons. The number of ether oxygens (including phenoxy) is 1. The van der Waals surface area contributed by atoms with Gasteiger partial charge in [-0.25, -0.2) is 9.59 Å². The van der Waals surface area contributed by atoms with E-state index in [4.69, 9.17) is 10.3 Å². The van der Waals surface area contributed by atoms with Crippen LogP contribution in [0.5, 0.6) is 0 Å². The molecule has 2 aliphatic heterocycles. The Balaban J connectivity index is 1.34. The van der Waals surface area contributed by atoms with Gasteiger partial charge in [0.15, 0.2) is 0 Å². The van der Waals surface area contributed by atoms with Crippen LogP contribution in [0, 0.1) is 0 Å². The summed E-state index contributed by atoms with van der Waals surface area (Å²) in [5.74, 6) is -0.313. The lowest BCUT2D eigenvalue weighted by Crippen LogP contribution is -2.36. The largest absolute Gasteiger partial charge is 0.389 e. The van der Waals surface area contributed by atoms with Crippen molar-refractivity contribution in [1.29, 1.82) is 0 Å². The minimum Gasteiger partial charge on any atom is -0.389 e. The summed E-state index contributed by atoms with van der Waals surface area (Å²) in [6.07, 6.45) is 7.40. The minimum atomic E-state index is -0.683. The van der Waals surface area contributed by atoms with Crippen molar-refractivity contribution < 1.29 is 23.9 Å². The molecule has 3 aliphatic rings. The van der Waals surface area contributed by atoms with Gasteiger partial charge in [-0.05, 0) is 18.9 Å². The molecule has 2 N–H and O–H groups in total. The topological polar surface area (TPSA) is 121 Å². The van der Waals surface area contributed by atoms with Gasteiger partial charge in [-0.3, -0.25) is 4.79 Å². The van der Waals surface area contributed by atoms with E-state index < -0.39 is 11.9 Å². The zero-order valence-electron chi connectivity index (χ0n) is 14.1. The Kier molecular flexibility index (Phi) is 5.90. The maximum absolute atomic E-state index is 11.9. The number of carbonyl (C=O) groups excluding carboxylic acids is 3. The first-order chi connectivity index (χ1) is 12.6. The molecule has 0 aromatic rings. The molecule has 2 saturated heterocycles. The summed E-state index contributed by atoms with van der Waals surface area (Å²) in [6, 6.07) is 0.266. The number of thioether (sulfide) groups is 1. The fourth-order valence-electron chi connectivity index (χ4n) is 3.23. The van der Waals surface area contributed by atoms with Crippen molar-refractivity contribution in [2.45, 2.75) is 49.4 Å². The number of urea groups is 1. The molecular formula is C17H20N4O4S. The number of nitrogens with zero attached hydrogens (tertiary/aromatic N) is 2. The summed E-state index contributed by atoms with van der Waals surface area (Å²) >= 11 is 1.84. The first-order valence-electron chi connectivity index (χ1n) is 8.59. The second kappa shape index (κ2) is 8.33. The number of allylic oxidation sites excluding steroid dienone is 2. The minimum absolute atomic E-state index is 0.101. The first kappa shape index (κ1) is 18.4. The average Bonchev–Trinajstić information content (AvgIpc) is 3.18. The maximum Gasteiger partial charge on any atom is 0.345 e. The normalized spacial score (nSPS) is 26.5. The second-order valence-electron chi connectivity index (χ2n) is 6.42. The fourth-order valence-corrected chi connectivity index (χ4v) is 4.78. The van der Waals surface area contributed by atoms with Crippen LogP contribution in [0.3, 0.4) is 0 Å². The van der Waals surface area contributed by atoms with Gasteiger partial charge >= 0.3 is 18.0 Å². The number of hydrogen-bond donors (Lipinski definition) is 2. The van der Waals surface area contributed by atoms with Gasteiger partial charge in [-0.1, -0.05) is 12.5 Å². The molecule has 1 aliphatic carbocycles. The van der Waals surface area contributed by atoms with E-state index >= 15 is 0 Å². The SMILES string of the molecule is [N-]=[N+]=C1C=CC(C(=O)OC(=O)CCCC[C@@H]2SC[C@@H]3NC(=O)N[C@@H]32)=CC1. The molecule has 2 amide bonds. The highest BCUT2D eigenvalue weighted by Crippen LogP contribution is 2.33. The van der Waals surface area contributed by atoms with Crippen LogP contribution in [0.15, 0.2) is 23.8 Å². The molecule has 2 heterocycles. The highest BCUT2D eigenvalue weighted by molar-refractivity contribution is 8.00. The molecule has 0 unspecified atom stereocenters. The Labute approximate surface area is 155 Å². The maximum atomic E-state index is 11.9. The Bertz CT molecular complexity index is 726. The van der Waals surface area contributed by atoms with Crippen LogP contribution >= 0.6 is 11.8 Å². The van der Waals surface area contributed by atoms with Gasteiger partial charge in [-0.15, -0.1) is 0 Å². The van der Waals surface area contributed by atoms with Crippen molar-refractivity contribution in [3.8, 4) is 0 Å². The number of unbranched alkanes of at least 4 members (excludes halogenated alkanes) is 1. The van der Waals surface area contributed by atoms with Crippen LogP contribution in [0.4, 0.5) is 4.79 Å². The number of esters is 2. The lowest BCUT2D eigenvalue weighted by Gasteiger charge is -2.16. The summed E-state index contributed by atoms with van der Waals surface area (Å²) in [5.41, 5.74) is 9.35. The number of fused-ring (bicyclic) bond motifs is 1. The molecule has 0 aromatic heterocycles. The molecular weight excluding hydrogens is 356 g/mol. The zero-order chi connectivity index (χ0) is 18.5. The number of nitrogens with one attached hydrogen (secondary N) is 2. The van der Waals surface area contributed by atoms with Gasteiger partial charge in [0, 0.05) is 23.5 Å². The molecule has 8 nitrogen and oxygen atoms in total. The third-order valence-corrected chi connectivity index (χ3v) is 6.12. The molecule has 3 rings (SSSR count). The average molecular weight is 376 g/mol. The van der Waals surface area contributed by atoms with Crippen LogP contribution in [0.2, 0.25) is 0 Å². The molecule has 3 atom stereocenters. The van der Waals surface area contributed by atoms with E-state index in [1.54, 1.807) is 6.08 Å². The van der Waals surface area contributed by atoms with E-state index in [0.29, 0.717) is 23.8 Å². The Morgan fingerprint density at radius 2 is 2.15 bits per heavy atom. The predicted octanol–water partition coefficient (Wildman–Crippen LogP) is 1.34. The standard InChI is InChI=1S/C17H20N4O4S/c18-21-11-7-5-10(6-8-11)16(23)25-14(22)4-2-1-3-13-15-12(9-26-13)19-17(24)20-15/h5-7,12-13,15H,1-4,8-9H2,(H2,19,20,24)/t12-,13-,15-/m0/s1.